The molecule has 3 heterocycles. The first-order chi connectivity index (χ1) is 16.9. The van der Waals surface area contributed by atoms with Crippen LogP contribution in [-0.4, -0.2) is 86.6 Å². The maximum atomic E-state index is 15.0. The molecule has 13 heteroatoms. The molecule has 1 atom stereocenters. The highest BCUT2D eigenvalue weighted by molar-refractivity contribution is 5.92. The summed E-state index contributed by atoms with van der Waals surface area (Å²) in [6, 6.07) is 5.79. The summed E-state index contributed by atoms with van der Waals surface area (Å²) in [6.07, 6.45) is -1.12. The van der Waals surface area contributed by atoms with E-state index in [4.69, 9.17) is 14.0 Å². The number of hydrogen-bond donors (Lipinski definition) is 1. The summed E-state index contributed by atoms with van der Waals surface area (Å²) in [6.45, 7) is 2.29. The molecule has 2 aliphatic heterocycles. The third kappa shape index (κ3) is 5.61. The Morgan fingerprint density at radius 1 is 1.23 bits per heavy atom. The molecule has 0 spiro atoms. The van der Waals surface area contributed by atoms with Crippen LogP contribution in [-0.2, 0) is 9.53 Å². The topological polar surface area (TPSA) is 117 Å². The number of ether oxygens (including phenoxy) is 2. The highest BCUT2D eigenvalue weighted by Crippen LogP contribution is 2.29. The monoisotopic (exact) mass is 493 g/mol. The van der Waals surface area contributed by atoms with Gasteiger partial charge in [-0.15, -0.1) is 0 Å². The van der Waals surface area contributed by atoms with Crippen molar-refractivity contribution >= 4 is 29.3 Å². The van der Waals surface area contributed by atoms with E-state index in [1.165, 1.54) is 24.0 Å². The van der Waals surface area contributed by atoms with E-state index in [9.17, 15) is 23.2 Å². The van der Waals surface area contributed by atoms with Crippen LogP contribution in [0.2, 0.25) is 0 Å². The van der Waals surface area contributed by atoms with Crippen LogP contribution in [0.15, 0.2) is 28.8 Å². The van der Waals surface area contributed by atoms with Gasteiger partial charge < -0.3 is 29.1 Å². The van der Waals surface area contributed by atoms with Gasteiger partial charge in [-0.3, -0.25) is 14.5 Å². The van der Waals surface area contributed by atoms with E-state index < -0.39 is 24.7 Å². The van der Waals surface area contributed by atoms with Crippen molar-refractivity contribution < 1.29 is 37.2 Å². The average Bonchev–Trinajstić information content (AvgIpc) is 3.47. The first kappa shape index (κ1) is 24.2. The van der Waals surface area contributed by atoms with Crippen LogP contribution in [0, 0.1) is 5.82 Å². The minimum absolute atomic E-state index is 0.0165. The van der Waals surface area contributed by atoms with Gasteiger partial charge in [-0.25, -0.2) is 13.6 Å². The fourth-order valence-electron chi connectivity index (χ4n) is 3.89. The summed E-state index contributed by atoms with van der Waals surface area (Å²) >= 11 is 0. The van der Waals surface area contributed by atoms with Gasteiger partial charge in [-0.1, -0.05) is 0 Å². The first-order valence-corrected chi connectivity index (χ1v) is 11.1. The molecule has 2 aromatic rings. The van der Waals surface area contributed by atoms with Crippen LogP contribution < -0.4 is 19.9 Å². The predicted molar refractivity (Wildman–Crippen MR) is 119 cm³/mol. The van der Waals surface area contributed by atoms with Crippen molar-refractivity contribution in [3.63, 3.8) is 0 Å². The van der Waals surface area contributed by atoms with Crippen LogP contribution in [0.1, 0.15) is 17.5 Å². The van der Waals surface area contributed by atoms with E-state index >= 15 is 0 Å². The fourth-order valence-corrected chi connectivity index (χ4v) is 3.89. The molecule has 0 bridgehead atoms. The van der Waals surface area contributed by atoms with Crippen LogP contribution in [0.4, 0.5) is 25.0 Å². The Balaban J connectivity index is 1.34. The van der Waals surface area contributed by atoms with E-state index in [1.54, 1.807) is 21.9 Å². The van der Waals surface area contributed by atoms with E-state index in [0.717, 1.165) is 0 Å². The second-order valence-electron chi connectivity index (χ2n) is 8.04. The molecule has 4 rings (SSSR count). The number of hydrogen-bond acceptors (Lipinski definition) is 8. The van der Waals surface area contributed by atoms with Crippen LogP contribution in [0.25, 0.3) is 0 Å². The zero-order valence-corrected chi connectivity index (χ0v) is 19.0. The van der Waals surface area contributed by atoms with Gasteiger partial charge in [0.25, 0.3) is 11.8 Å². The number of halogens is 2. The lowest BCUT2D eigenvalue weighted by Crippen LogP contribution is -2.49. The maximum absolute atomic E-state index is 15.0. The first-order valence-electron chi connectivity index (χ1n) is 11.1. The number of benzene rings is 1. The normalized spacial score (nSPS) is 18.0. The summed E-state index contributed by atoms with van der Waals surface area (Å²) in [5.74, 6) is -1.10. The highest BCUT2D eigenvalue weighted by Gasteiger charge is 2.33. The van der Waals surface area contributed by atoms with Gasteiger partial charge in [-0.2, -0.15) is 0 Å². The van der Waals surface area contributed by atoms with Gasteiger partial charge in [0, 0.05) is 33.1 Å². The van der Waals surface area contributed by atoms with E-state index in [-0.39, 0.29) is 43.2 Å². The van der Waals surface area contributed by atoms with E-state index in [2.05, 4.69) is 10.5 Å². The average molecular weight is 493 g/mol. The Kier molecular flexibility index (Phi) is 7.32. The van der Waals surface area contributed by atoms with Crippen molar-refractivity contribution in [2.75, 3.05) is 62.3 Å². The number of piperazine rings is 1. The number of carbonyl (C=O) groups excluding carboxylic acids is 3. The lowest BCUT2D eigenvalue weighted by atomic mass is 10.2. The summed E-state index contributed by atoms with van der Waals surface area (Å²) in [5.41, 5.74) is 0.705. The number of anilines is 2. The van der Waals surface area contributed by atoms with Crippen molar-refractivity contribution in [1.82, 2.24) is 15.4 Å². The Morgan fingerprint density at radius 3 is 2.69 bits per heavy atom. The van der Waals surface area contributed by atoms with Crippen molar-refractivity contribution in [2.45, 2.75) is 13.0 Å². The lowest BCUT2D eigenvalue weighted by Gasteiger charge is -2.35. The Hall–Kier alpha value is -3.90. The third-order valence-corrected chi connectivity index (χ3v) is 5.63. The smallest absolute Gasteiger partial charge is 0.414 e. The molecule has 2 aliphatic rings. The molecule has 3 amide bonds. The molecule has 2 fully saturated rings. The van der Waals surface area contributed by atoms with Crippen molar-refractivity contribution in [3.05, 3.63) is 35.8 Å². The van der Waals surface area contributed by atoms with Gasteiger partial charge in [0.2, 0.25) is 11.7 Å². The quantitative estimate of drug-likeness (QED) is 0.589. The fraction of sp³-hybridized carbons (Fsp3) is 0.455. The third-order valence-electron chi connectivity index (χ3n) is 5.63. The number of nitrogens with zero attached hydrogens (tertiary/aromatic N) is 4. The van der Waals surface area contributed by atoms with Gasteiger partial charge in [-0.05, 0) is 23.4 Å². The molecule has 0 unspecified atom stereocenters. The summed E-state index contributed by atoms with van der Waals surface area (Å²) in [4.78, 5) is 40.6. The van der Waals surface area contributed by atoms with Crippen LogP contribution in [0.5, 0.6) is 5.88 Å². The number of aromatic nitrogens is 1. The van der Waals surface area contributed by atoms with Gasteiger partial charge >= 0.3 is 6.09 Å². The molecular formula is C22H25F2N5O6. The number of carbonyl (C=O) groups is 3. The molecule has 2 saturated heterocycles. The number of cyclic esters (lactones) is 1. The zero-order chi connectivity index (χ0) is 24.9. The molecular weight excluding hydrogens is 468 g/mol. The second kappa shape index (κ2) is 10.6. The highest BCUT2D eigenvalue weighted by atomic mass is 19.1. The summed E-state index contributed by atoms with van der Waals surface area (Å²) in [7, 11) is 0. The largest absolute Gasteiger partial charge is 0.473 e. The molecule has 0 radical (unpaired) electrons. The predicted octanol–water partition coefficient (Wildman–Crippen LogP) is 1.59. The number of nitrogens with one attached hydrogen (secondary N) is 1. The summed E-state index contributed by atoms with van der Waals surface area (Å²) < 4.78 is 42.4. The Bertz CT molecular complexity index is 1090. The standard InChI is InChI=1S/C22H25F2N5O6/c1-14(30)25-12-16-13-29(22(32)34-16)15-2-3-18(17(24)10-15)27-5-7-28(8-6-27)21(31)19-11-20(26-35-19)33-9-4-23/h2-3,10-11,16H,4-9,12-13H2,1H3,(H,25,30)/t16-/m0/s1. The van der Waals surface area contributed by atoms with Crippen molar-refractivity contribution in [1.29, 1.82) is 0 Å². The SMILES string of the molecule is CC(=O)NC[C@H]1CN(c2ccc(N3CCN(C(=O)c4cc(OCCF)no4)CC3)c(F)c2)C(=O)O1. The molecule has 1 aromatic carbocycles. The van der Waals surface area contributed by atoms with E-state index in [1.807, 2.05) is 0 Å². The number of rotatable bonds is 8. The van der Waals surface area contributed by atoms with Gasteiger partial charge in [0.15, 0.2) is 0 Å². The van der Waals surface area contributed by atoms with Crippen LogP contribution in [0.3, 0.4) is 0 Å². The van der Waals surface area contributed by atoms with Gasteiger partial charge in [0.05, 0.1) is 30.5 Å². The maximum Gasteiger partial charge on any atom is 0.414 e. The number of alkyl halides is 1. The number of amides is 3. The molecule has 0 saturated carbocycles. The molecule has 1 aromatic heterocycles. The molecule has 0 aliphatic carbocycles. The van der Waals surface area contributed by atoms with Crippen molar-refractivity contribution in [3.8, 4) is 5.88 Å². The van der Waals surface area contributed by atoms with Gasteiger partial charge in [0.1, 0.15) is 25.2 Å². The lowest BCUT2D eigenvalue weighted by molar-refractivity contribution is -0.119. The summed E-state index contributed by atoms with van der Waals surface area (Å²) in [5, 5.41) is 6.18. The van der Waals surface area contributed by atoms with E-state index in [0.29, 0.717) is 37.6 Å². The Labute approximate surface area is 199 Å². The minimum Gasteiger partial charge on any atom is -0.473 e. The van der Waals surface area contributed by atoms with Crippen molar-refractivity contribution in [2.24, 2.45) is 0 Å². The molecule has 188 valence electrons. The Morgan fingerprint density at radius 2 is 2.00 bits per heavy atom. The molecule has 11 nitrogen and oxygen atoms in total. The van der Waals surface area contributed by atoms with Crippen LogP contribution >= 0.6 is 0 Å². The minimum atomic E-state index is -0.684. The molecule has 35 heavy (non-hydrogen) atoms. The second-order valence-corrected chi connectivity index (χ2v) is 8.04. The molecule has 1 N–H and O–H groups in total. The zero-order valence-electron chi connectivity index (χ0n) is 19.0.